The molecule has 0 spiro atoms. The fraction of sp³-hybridized carbons (Fsp3) is 1.00. The molecule has 4 unspecified atom stereocenters. The summed E-state index contributed by atoms with van der Waals surface area (Å²) < 4.78 is 34.0. The van der Waals surface area contributed by atoms with Crippen molar-refractivity contribution in [2.45, 2.75) is 51.3 Å². The molecule has 0 bridgehead atoms. The number of hydrogen-bond donors (Lipinski definition) is 0. The average Bonchev–Trinajstić information content (AvgIpc) is 2.44. The summed E-state index contributed by atoms with van der Waals surface area (Å²) in [5, 5.41) is 0. The van der Waals surface area contributed by atoms with Gasteiger partial charge in [-0.15, -0.1) is 0 Å². The summed E-state index contributed by atoms with van der Waals surface area (Å²) in [6.45, 7) is 11.1. The highest BCUT2D eigenvalue weighted by Gasteiger charge is 2.68. The predicted octanol–water partition coefficient (Wildman–Crippen LogP) is 2.58. The molecule has 20 heavy (non-hydrogen) atoms. The van der Waals surface area contributed by atoms with Crippen molar-refractivity contribution in [2.75, 3.05) is 27.5 Å². The number of methoxy groups -OCH3 is 1. The van der Waals surface area contributed by atoms with Crippen LogP contribution in [0.15, 0.2) is 0 Å². The first kappa shape index (κ1) is 18.2. The van der Waals surface area contributed by atoms with Crippen molar-refractivity contribution in [3.8, 4) is 0 Å². The molecule has 1 aliphatic heterocycles. The lowest BCUT2D eigenvalue weighted by molar-refractivity contribution is -0.159. The Kier molecular flexibility index (Phi) is 4.64. The maximum Gasteiger partial charge on any atom is 0.327 e. The summed E-state index contributed by atoms with van der Waals surface area (Å²) in [4.78, 5) is 0. The Labute approximate surface area is 123 Å². The van der Waals surface area contributed by atoms with Crippen LogP contribution in [-0.4, -0.2) is 52.0 Å². The Balaban J connectivity index is 3.13. The summed E-state index contributed by atoms with van der Waals surface area (Å²) in [5.41, 5.74) is -2.94. The van der Waals surface area contributed by atoms with Crippen LogP contribution < -0.4 is 0 Å². The summed E-state index contributed by atoms with van der Waals surface area (Å²) >= 11 is 0. The molecule has 0 aliphatic carbocycles. The van der Waals surface area contributed by atoms with Crippen LogP contribution in [0.1, 0.15) is 34.6 Å². The van der Waals surface area contributed by atoms with E-state index in [0.29, 0.717) is 0 Å². The van der Waals surface area contributed by atoms with Gasteiger partial charge in [-0.1, -0.05) is 13.8 Å². The fourth-order valence-corrected chi connectivity index (χ4v) is 3.35. The maximum atomic E-state index is 11.9. The molecule has 1 heterocycles. The fourth-order valence-electron chi connectivity index (χ4n) is 2.76. The molecule has 0 amide bonds. The molecular weight excluding hydrogens is 278 g/mol. The highest BCUT2D eigenvalue weighted by Crippen LogP contribution is 2.59. The molecule has 0 aromatic rings. The van der Waals surface area contributed by atoms with Crippen LogP contribution in [0.3, 0.4) is 0 Å². The van der Waals surface area contributed by atoms with E-state index in [1.165, 1.54) is 13.8 Å². The first-order chi connectivity index (χ1) is 8.79. The summed E-state index contributed by atoms with van der Waals surface area (Å²) in [6.07, 6.45) is 0. The number of rotatable bonds is 5. The molecule has 1 saturated heterocycles. The zero-order chi connectivity index (χ0) is 16.0. The van der Waals surface area contributed by atoms with Crippen molar-refractivity contribution in [3.63, 3.8) is 0 Å². The molecule has 0 aromatic carbocycles. The van der Waals surface area contributed by atoms with E-state index in [2.05, 4.69) is 0 Å². The molecule has 5 nitrogen and oxygen atoms in total. The second kappa shape index (κ2) is 5.10. The summed E-state index contributed by atoms with van der Waals surface area (Å²) in [5.74, 6) is 0. The Morgan fingerprint density at radius 3 is 2.05 bits per heavy atom. The largest absolute Gasteiger partial charge is 0.375 e. The topological polar surface area (TPSA) is 54.0 Å². The van der Waals surface area contributed by atoms with Gasteiger partial charge in [0, 0.05) is 31.8 Å². The van der Waals surface area contributed by atoms with Gasteiger partial charge in [0.15, 0.2) is 0 Å². The standard InChI is InChI=1S/C13H26BO5P/c1-10(2)12(4,16-6)11(3,19-13(10,5)14)9-18-20(8,15)17-7/h9H2,1-8H3. The minimum Gasteiger partial charge on any atom is -0.375 e. The van der Waals surface area contributed by atoms with Crippen LogP contribution in [0.4, 0.5) is 0 Å². The minimum absolute atomic E-state index is 0.0647. The summed E-state index contributed by atoms with van der Waals surface area (Å²) in [7, 11) is 6.17. The van der Waals surface area contributed by atoms with Crippen LogP contribution in [0.25, 0.3) is 0 Å². The highest BCUT2D eigenvalue weighted by atomic mass is 31.2. The van der Waals surface area contributed by atoms with Gasteiger partial charge in [-0.2, -0.15) is 0 Å². The van der Waals surface area contributed by atoms with Crippen molar-refractivity contribution >= 4 is 15.4 Å². The van der Waals surface area contributed by atoms with Crippen molar-refractivity contribution in [1.29, 1.82) is 0 Å². The van der Waals surface area contributed by atoms with Gasteiger partial charge in [-0.05, 0) is 20.8 Å². The van der Waals surface area contributed by atoms with E-state index in [0.717, 1.165) is 0 Å². The van der Waals surface area contributed by atoms with Crippen LogP contribution in [0.2, 0.25) is 0 Å². The lowest BCUT2D eigenvalue weighted by atomic mass is 9.57. The third kappa shape index (κ3) is 2.50. The molecule has 116 valence electrons. The second-order valence-corrected chi connectivity index (χ2v) is 8.70. The highest BCUT2D eigenvalue weighted by molar-refractivity contribution is 7.52. The van der Waals surface area contributed by atoms with E-state index in [4.69, 9.17) is 26.4 Å². The molecule has 4 atom stereocenters. The molecule has 1 fully saturated rings. The van der Waals surface area contributed by atoms with E-state index in [-0.39, 0.29) is 6.61 Å². The molecule has 7 heteroatoms. The van der Waals surface area contributed by atoms with E-state index in [9.17, 15) is 4.57 Å². The zero-order valence-corrected chi connectivity index (χ0v) is 14.7. The number of ether oxygens (including phenoxy) is 2. The van der Waals surface area contributed by atoms with Gasteiger partial charge < -0.3 is 18.5 Å². The molecule has 1 aliphatic rings. The Bertz CT molecular complexity index is 425. The van der Waals surface area contributed by atoms with E-state index >= 15 is 0 Å². The average molecular weight is 304 g/mol. The Morgan fingerprint density at radius 2 is 1.65 bits per heavy atom. The number of hydrogen-bond acceptors (Lipinski definition) is 5. The first-order valence-corrected chi connectivity index (χ1v) is 8.59. The lowest BCUT2D eigenvalue weighted by Crippen LogP contribution is -2.58. The van der Waals surface area contributed by atoms with Crippen LogP contribution in [0.5, 0.6) is 0 Å². The van der Waals surface area contributed by atoms with Gasteiger partial charge in [0.05, 0.1) is 6.61 Å². The minimum atomic E-state index is -3.10. The quantitative estimate of drug-likeness (QED) is 0.577. The van der Waals surface area contributed by atoms with Crippen molar-refractivity contribution in [1.82, 2.24) is 0 Å². The summed E-state index contributed by atoms with van der Waals surface area (Å²) in [6, 6.07) is 0. The van der Waals surface area contributed by atoms with Gasteiger partial charge in [0.1, 0.15) is 19.0 Å². The van der Waals surface area contributed by atoms with Crippen LogP contribution >= 0.6 is 7.60 Å². The third-order valence-electron chi connectivity index (χ3n) is 5.19. The van der Waals surface area contributed by atoms with Gasteiger partial charge >= 0.3 is 7.60 Å². The maximum absolute atomic E-state index is 11.9. The predicted molar refractivity (Wildman–Crippen MR) is 79.3 cm³/mol. The van der Waals surface area contributed by atoms with Gasteiger partial charge in [0.2, 0.25) is 0 Å². The van der Waals surface area contributed by atoms with Crippen molar-refractivity contribution < 1.29 is 23.1 Å². The van der Waals surface area contributed by atoms with E-state index in [1.54, 1.807) is 7.11 Å². The molecule has 1 rings (SSSR count). The normalized spacial score (nSPS) is 43.4. The van der Waals surface area contributed by atoms with Gasteiger partial charge in [0.25, 0.3) is 0 Å². The molecular formula is C13H26BO5P. The smallest absolute Gasteiger partial charge is 0.327 e. The van der Waals surface area contributed by atoms with Crippen molar-refractivity contribution in [3.05, 3.63) is 0 Å². The Morgan fingerprint density at radius 1 is 1.15 bits per heavy atom. The van der Waals surface area contributed by atoms with Crippen molar-refractivity contribution in [2.24, 2.45) is 5.41 Å². The SMILES string of the molecule is [B]C1(C)OC(C)(COP(C)(=O)OC)C(C)(OC)C1(C)C. The first-order valence-electron chi connectivity index (χ1n) is 6.60. The van der Waals surface area contributed by atoms with Gasteiger partial charge in [-0.25, -0.2) is 0 Å². The molecule has 2 radical (unpaired) electrons. The second-order valence-electron chi connectivity index (χ2n) is 6.53. The molecule has 0 saturated carbocycles. The monoisotopic (exact) mass is 304 g/mol. The van der Waals surface area contributed by atoms with Crippen LogP contribution in [-0.2, 0) is 23.1 Å². The third-order valence-corrected chi connectivity index (χ3v) is 6.46. The van der Waals surface area contributed by atoms with Gasteiger partial charge in [-0.3, -0.25) is 4.57 Å². The van der Waals surface area contributed by atoms with E-state index in [1.807, 2.05) is 34.6 Å². The van der Waals surface area contributed by atoms with Crippen LogP contribution in [0, 0.1) is 5.41 Å². The lowest BCUT2D eigenvalue weighted by Gasteiger charge is -2.46. The van der Waals surface area contributed by atoms with E-state index < -0.39 is 29.7 Å². The zero-order valence-electron chi connectivity index (χ0n) is 13.8. The molecule has 0 aromatic heterocycles. The molecule has 0 N–H and O–H groups in total. The Hall–Kier alpha value is 0.135.